The van der Waals surface area contributed by atoms with E-state index in [1.165, 1.54) is 0 Å². The number of aromatic nitrogens is 1. The summed E-state index contributed by atoms with van der Waals surface area (Å²) in [6.07, 6.45) is 1.76. The molecule has 0 amide bonds. The van der Waals surface area contributed by atoms with Gasteiger partial charge in [0, 0.05) is 22.7 Å². The van der Waals surface area contributed by atoms with Crippen molar-refractivity contribution < 1.29 is 4.42 Å². The summed E-state index contributed by atoms with van der Waals surface area (Å²) in [4.78, 5) is 6.54. The summed E-state index contributed by atoms with van der Waals surface area (Å²) in [6.45, 7) is 8.52. The number of halogens is 1. The predicted molar refractivity (Wildman–Crippen MR) is 79.7 cm³/mol. The third-order valence-corrected chi connectivity index (χ3v) is 3.21. The standard InChI is InChI=1S/C15H19ClN2O/c1-10(2)18(11(3)4)15-17-9-14(19-15)12-5-7-13(16)8-6-12/h5-11H,1-4H3. The van der Waals surface area contributed by atoms with Crippen molar-refractivity contribution in [2.75, 3.05) is 4.90 Å². The van der Waals surface area contributed by atoms with Gasteiger partial charge in [0.25, 0.3) is 6.01 Å². The van der Waals surface area contributed by atoms with E-state index < -0.39 is 0 Å². The Morgan fingerprint density at radius 3 is 2.16 bits per heavy atom. The number of nitrogens with zero attached hydrogens (tertiary/aromatic N) is 2. The van der Waals surface area contributed by atoms with E-state index in [1.54, 1.807) is 6.20 Å². The summed E-state index contributed by atoms with van der Waals surface area (Å²) in [5.41, 5.74) is 0.982. The van der Waals surface area contributed by atoms with Crippen LogP contribution >= 0.6 is 11.6 Å². The number of rotatable bonds is 4. The number of hydrogen-bond donors (Lipinski definition) is 0. The van der Waals surface area contributed by atoms with Gasteiger partial charge in [0.2, 0.25) is 0 Å². The lowest BCUT2D eigenvalue weighted by atomic mass is 10.2. The van der Waals surface area contributed by atoms with Crippen LogP contribution in [0.25, 0.3) is 11.3 Å². The summed E-state index contributed by atoms with van der Waals surface area (Å²) >= 11 is 5.88. The summed E-state index contributed by atoms with van der Waals surface area (Å²) in [5.74, 6) is 0.762. The van der Waals surface area contributed by atoms with Crippen molar-refractivity contribution in [1.29, 1.82) is 0 Å². The smallest absolute Gasteiger partial charge is 0.298 e. The molecule has 1 heterocycles. The van der Waals surface area contributed by atoms with Gasteiger partial charge < -0.3 is 9.32 Å². The maximum absolute atomic E-state index is 5.88. The molecule has 0 fully saturated rings. The molecule has 0 atom stereocenters. The third kappa shape index (κ3) is 3.10. The molecule has 3 nitrogen and oxygen atoms in total. The van der Waals surface area contributed by atoms with Crippen LogP contribution in [0.5, 0.6) is 0 Å². The fraction of sp³-hybridized carbons (Fsp3) is 0.400. The summed E-state index contributed by atoms with van der Waals surface area (Å²) in [7, 11) is 0. The SMILES string of the molecule is CC(C)N(c1ncc(-c2ccc(Cl)cc2)o1)C(C)C. The van der Waals surface area contributed by atoms with Crippen LogP contribution in [0, 0.1) is 0 Å². The topological polar surface area (TPSA) is 29.3 Å². The Kier molecular flexibility index (Phi) is 4.15. The lowest BCUT2D eigenvalue weighted by molar-refractivity contribution is 0.493. The molecule has 19 heavy (non-hydrogen) atoms. The quantitative estimate of drug-likeness (QED) is 0.817. The monoisotopic (exact) mass is 278 g/mol. The second kappa shape index (κ2) is 5.66. The number of oxazole rings is 1. The molecule has 4 heteroatoms. The van der Waals surface area contributed by atoms with Crippen LogP contribution in [0.1, 0.15) is 27.7 Å². The minimum Gasteiger partial charge on any atom is -0.423 e. The Balaban J connectivity index is 2.30. The zero-order valence-corrected chi connectivity index (χ0v) is 12.5. The van der Waals surface area contributed by atoms with E-state index in [2.05, 4.69) is 37.6 Å². The number of benzene rings is 1. The van der Waals surface area contributed by atoms with Crippen LogP contribution in [0.15, 0.2) is 34.9 Å². The Hall–Kier alpha value is -1.48. The predicted octanol–water partition coefficient (Wildman–Crippen LogP) is 4.62. The fourth-order valence-electron chi connectivity index (χ4n) is 2.17. The molecule has 0 unspecified atom stereocenters. The Morgan fingerprint density at radius 2 is 1.63 bits per heavy atom. The number of hydrogen-bond acceptors (Lipinski definition) is 3. The second-order valence-electron chi connectivity index (χ2n) is 5.11. The van der Waals surface area contributed by atoms with Crippen molar-refractivity contribution in [3.05, 3.63) is 35.5 Å². The molecular formula is C15H19ClN2O. The molecule has 0 saturated carbocycles. The van der Waals surface area contributed by atoms with Crippen molar-refractivity contribution in [1.82, 2.24) is 4.98 Å². The van der Waals surface area contributed by atoms with Gasteiger partial charge in [0.1, 0.15) is 0 Å². The largest absolute Gasteiger partial charge is 0.423 e. The maximum atomic E-state index is 5.88. The van der Waals surface area contributed by atoms with Gasteiger partial charge in [0.15, 0.2) is 5.76 Å². The molecule has 0 saturated heterocycles. The highest BCUT2D eigenvalue weighted by Crippen LogP contribution is 2.27. The van der Waals surface area contributed by atoms with Gasteiger partial charge >= 0.3 is 0 Å². The van der Waals surface area contributed by atoms with Crippen molar-refractivity contribution in [2.45, 2.75) is 39.8 Å². The van der Waals surface area contributed by atoms with Gasteiger partial charge in [0.05, 0.1) is 6.20 Å². The van der Waals surface area contributed by atoms with E-state index in [-0.39, 0.29) is 0 Å². The van der Waals surface area contributed by atoms with E-state index >= 15 is 0 Å². The van der Waals surface area contributed by atoms with E-state index in [9.17, 15) is 0 Å². The molecule has 1 aromatic carbocycles. The van der Waals surface area contributed by atoms with Crippen molar-refractivity contribution >= 4 is 17.6 Å². The first-order valence-corrected chi connectivity index (χ1v) is 6.87. The molecule has 0 aliphatic rings. The van der Waals surface area contributed by atoms with Crippen molar-refractivity contribution in [3.63, 3.8) is 0 Å². The van der Waals surface area contributed by atoms with E-state index in [4.69, 9.17) is 16.0 Å². The first-order valence-electron chi connectivity index (χ1n) is 6.49. The molecule has 0 spiro atoms. The fourth-order valence-corrected chi connectivity index (χ4v) is 2.30. The Labute approximate surface area is 119 Å². The first kappa shape index (κ1) is 13.9. The lowest BCUT2D eigenvalue weighted by Crippen LogP contribution is -2.37. The van der Waals surface area contributed by atoms with Gasteiger partial charge in [-0.15, -0.1) is 0 Å². The Bertz CT molecular complexity index is 523. The lowest BCUT2D eigenvalue weighted by Gasteiger charge is -2.28. The van der Waals surface area contributed by atoms with Crippen LogP contribution in [0.2, 0.25) is 5.02 Å². The Morgan fingerprint density at radius 1 is 1.05 bits per heavy atom. The van der Waals surface area contributed by atoms with Crippen LogP contribution in [-0.4, -0.2) is 17.1 Å². The zero-order valence-electron chi connectivity index (χ0n) is 11.7. The molecule has 0 aliphatic carbocycles. The molecule has 0 N–H and O–H groups in total. The molecule has 2 rings (SSSR count). The number of anilines is 1. The minimum absolute atomic E-state index is 0.344. The molecule has 102 valence electrons. The van der Waals surface area contributed by atoms with E-state index in [1.807, 2.05) is 24.3 Å². The van der Waals surface area contributed by atoms with Crippen LogP contribution < -0.4 is 4.90 Å². The van der Waals surface area contributed by atoms with Crippen LogP contribution in [0.4, 0.5) is 6.01 Å². The van der Waals surface area contributed by atoms with E-state index in [0.29, 0.717) is 18.1 Å². The first-order chi connectivity index (χ1) is 8.99. The highest BCUT2D eigenvalue weighted by atomic mass is 35.5. The third-order valence-electron chi connectivity index (χ3n) is 2.96. The average molecular weight is 279 g/mol. The summed E-state index contributed by atoms with van der Waals surface area (Å²) < 4.78 is 5.87. The second-order valence-corrected chi connectivity index (χ2v) is 5.55. The minimum atomic E-state index is 0.344. The van der Waals surface area contributed by atoms with Crippen molar-refractivity contribution in [3.8, 4) is 11.3 Å². The molecular weight excluding hydrogens is 260 g/mol. The molecule has 1 aromatic heterocycles. The average Bonchev–Trinajstić information content (AvgIpc) is 2.78. The normalized spacial score (nSPS) is 11.3. The molecule has 0 bridgehead atoms. The van der Waals surface area contributed by atoms with Gasteiger partial charge in [-0.3, -0.25) is 0 Å². The molecule has 0 radical (unpaired) electrons. The van der Waals surface area contributed by atoms with Gasteiger partial charge in [-0.25, -0.2) is 4.98 Å². The van der Waals surface area contributed by atoms with Gasteiger partial charge in [-0.1, -0.05) is 11.6 Å². The molecule has 0 aliphatic heterocycles. The highest BCUT2D eigenvalue weighted by molar-refractivity contribution is 6.30. The summed E-state index contributed by atoms with van der Waals surface area (Å²) in [6, 6.07) is 8.91. The van der Waals surface area contributed by atoms with Crippen LogP contribution in [-0.2, 0) is 0 Å². The van der Waals surface area contributed by atoms with Gasteiger partial charge in [-0.05, 0) is 52.0 Å². The highest BCUT2D eigenvalue weighted by Gasteiger charge is 2.19. The zero-order chi connectivity index (χ0) is 14.0. The van der Waals surface area contributed by atoms with E-state index in [0.717, 1.165) is 16.3 Å². The van der Waals surface area contributed by atoms with Crippen molar-refractivity contribution in [2.24, 2.45) is 0 Å². The maximum Gasteiger partial charge on any atom is 0.298 e. The van der Waals surface area contributed by atoms with Crippen LogP contribution in [0.3, 0.4) is 0 Å². The summed E-state index contributed by atoms with van der Waals surface area (Å²) in [5, 5.41) is 0.717. The van der Waals surface area contributed by atoms with Gasteiger partial charge in [-0.2, -0.15) is 0 Å². The molecule has 2 aromatic rings.